The fraction of sp³-hybridized carbons (Fsp3) is 0.462. The molecule has 112 valence electrons. The van der Waals surface area contributed by atoms with Gasteiger partial charge in [0.2, 0.25) is 0 Å². The predicted octanol–water partition coefficient (Wildman–Crippen LogP) is 2.73. The Balaban J connectivity index is 2.80. The van der Waals surface area contributed by atoms with E-state index in [1.54, 1.807) is 39.8 Å². The summed E-state index contributed by atoms with van der Waals surface area (Å²) in [4.78, 5) is 11.6. The van der Waals surface area contributed by atoms with E-state index in [0.717, 1.165) is 0 Å². The third-order valence-electron chi connectivity index (χ3n) is 2.33. The van der Waals surface area contributed by atoms with Crippen molar-refractivity contribution >= 4 is 21.9 Å². The van der Waals surface area contributed by atoms with Crippen LogP contribution >= 0.6 is 0 Å². The molecule has 0 aliphatic carbocycles. The fourth-order valence-electron chi connectivity index (χ4n) is 1.55. The SMILES string of the molecule is Cc1cc(NC(=O)OC(C)(C)C)ccc1CS(=O)(=O)O. The van der Waals surface area contributed by atoms with Crippen LogP contribution in [0.2, 0.25) is 0 Å². The number of nitrogens with one attached hydrogen (secondary N) is 1. The minimum Gasteiger partial charge on any atom is -0.444 e. The van der Waals surface area contributed by atoms with E-state index in [-0.39, 0.29) is 0 Å². The van der Waals surface area contributed by atoms with Crippen molar-refractivity contribution in [1.29, 1.82) is 0 Å². The molecule has 1 aromatic rings. The lowest BCUT2D eigenvalue weighted by Crippen LogP contribution is -2.27. The molecule has 0 atom stereocenters. The molecule has 1 rings (SSSR count). The number of anilines is 1. The van der Waals surface area contributed by atoms with Crippen molar-refractivity contribution < 1.29 is 22.5 Å². The molecule has 0 saturated heterocycles. The van der Waals surface area contributed by atoms with Crippen LogP contribution in [0.25, 0.3) is 0 Å². The number of aryl methyl sites for hydroxylation is 1. The van der Waals surface area contributed by atoms with Gasteiger partial charge in [-0.05, 0) is 51.0 Å². The molecule has 0 bridgehead atoms. The third kappa shape index (κ3) is 6.03. The Morgan fingerprint density at radius 3 is 2.40 bits per heavy atom. The summed E-state index contributed by atoms with van der Waals surface area (Å²) in [5.41, 5.74) is 1.03. The van der Waals surface area contributed by atoms with Crippen LogP contribution in [0.1, 0.15) is 31.9 Å². The number of carbonyl (C=O) groups excluding carboxylic acids is 1. The number of carbonyl (C=O) groups is 1. The highest BCUT2D eigenvalue weighted by Gasteiger charge is 2.16. The molecule has 0 heterocycles. The lowest BCUT2D eigenvalue weighted by atomic mass is 10.1. The second-order valence-electron chi connectivity index (χ2n) is 5.49. The predicted molar refractivity (Wildman–Crippen MR) is 76.3 cm³/mol. The monoisotopic (exact) mass is 301 g/mol. The van der Waals surface area contributed by atoms with Gasteiger partial charge in [0.05, 0.1) is 0 Å². The first-order valence-corrected chi connectivity index (χ1v) is 7.62. The van der Waals surface area contributed by atoms with Crippen LogP contribution in [0.3, 0.4) is 0 Å². The summed E-state index contributed by atoms with van der Waals surface area (Å²) in [6, 6.07) is 4.71. The summed E-state index contributed by atoms with van der Waals surface area (Å²) in [6.07, 6.45) is -0.584. The first-order chi connectivity index (χ1) is 8.96. The summed E-state index contributed by atoms with van der Waals surface area (Å²) >= 11 is 0. The van der Waals surface area contributed by atoms with Crippen molar-refractivity contribution in [3.8, 4) is 0 Å². The zero-order chi connectivity index (χ0) is 15.6. The summed E-state index contributed by atoms with van der Waals surface area (Å²) in [5.74, 6) is -0.453. The van der Waals surface area contributed by atoms with Crippen LogP contribution < -0.4 is 5.32 Å². The third-order valence-corrected chi connectivity index (χ3v) is 3.00. The molecule has 0 fully saturated rings. The highest BCUT2D eigenvalue weighted by molar-refractivity contribution is 7.85. The van der Waals surface area contributed by atoms with Crippen molar-refractivity contribution in [2.75, 3.05) is 5.32 Å². The van der Waals surface area contributed by atoms with Gasteiger partial charge >= 0.3 is 6.09 Å². The average Bonchev–Trinajstić information content (AvgIpc) is 2.17. The molecule has 0 radical (unpaired) electrons. The highest BCUT2D eigenvalue weighted by Crippen LogP contribution is 2.18. The van der Waals surface area contributed by atoms with E-state index in [1.165, 1.54) is 6.07 Å². The van der Waals surface area contributed by atoms with Gasteiger partial charge in [0.15, 0.2) is 0 Å². The van der Waals surface area contributed by atoms with Crippen LogP contribution in [-0.4, -0.2) is 24.7 Å². The van der Waals surface area contributed by atoms with Gasteiger partial charge in [-0.25, -0.2) is 4.79 Å². The Labute approximate surface area is 118 Å². The maximum absolute atomic E-state index is 11.6. The van der Waals surface area contributed by atoms with Crippen LogP contribution in [-0.2, 0) is 20.6 Å². The normalized spacial score (nSPS) is 12.1. The smallest absolute Gasteiger partial charge is 0.412 e. The second-order valence-corrected chi connectivity index (χ2v) is 6.95. The Morgan fingerprint density at radius 1 is 1.35 bits per heavy atom. The summed E-state index contributed by atoms with van der Waals surface area (Å²) in [6.45, 7) is 6.97. The number of amides is 1. The van der Waals surface area contributed by atoms with Crippen LogP contribution in [0, 0.1) is 6.92 Å². The molecule has 20 heavy (non-hydrogen) atoms. The van der Waals surface area contributed by atoms with Gasteiger partial charge in [0, 0.05) is 5.69 Å². The Hall–Kier alpha value is -1.60. The largest absolute Gasteiger partial charge is 0.444 e. The van der Waals surface area contributed by atoms with Gasteiger partial charge in [-0.15, -0.1) is 0 Å². The molecule has 7 heteroatoms. The molecule has 0 aliphatic rings. The standard InChI is InChI=1S/C13H19NO5S/c1-9-7-11(14-12(15)19-13(2,3)4)6-5-10(9)8-20(16,17)18/h5-7H,8H2,1-4H3,(H,14,15)(H,16,17,18). The number of rotatable bonds is 3. The molecule has 0 aliphatic heterocycles. The highest BCUT2D eigenvalue weighted by atomic mass is 32.2. The van der Waals surface area contributed by atoms with Gasteiger partial charge < -0.3 is 4.74 Å². The zero-order valence-corrected chi connectivity index (χ0v) is 12.7. The second kappa shape index (κ2) is 5.80. The Morgan fingerprint density at radius 2 is 1.95 bits per heavy atom. The number of ether oxygens (including phenoxy) is 1. The fourth-order valence-corrected chi connectivity index (χ4v) is 2.27. The van der Waals surface area contributed by atoms with Crippen molar-refractivity contribution in [1.82, 2.24) is 0 Å². The Kier molecular flexibility index (Phi) is 4.77. The van der Waals surface area contributed by atoms with Crippen molar-refractivity contribution in [2.24, 2.45) is 0 Å². The molecule has 0 spiro atoms. The van der Waals surface area contributed by atoms with E-state index in [2.05, 4.69) is 5.32 Å². The number of hydrogen-bond acceptors (Lipinski definition) is 4. The summed E-state index contributed by atoms with van der Waals surface area (Å²) in [5, 5.41) is 2.56. The average molecular weight is 301 g/mol. The maximum Gasteiger partial charge on any atom is 0.412 e. The minimum atomic E-state index is -4.07. The van der Waals surface area contributed by atoms with Gasteiger partial charge in [-0.1, -0.05) is 6.07 Å². The molecule has 1 aromatic carbocycles. The van der Waals surface area contributed by atoms with E-state index in [4.69, 9.17) is 9.29 Å². The van der Waals surface area contributed by atoms with Gasteiger partial charge in [-0.3, -0.25) is 9.87 Å². The van der Waals surface area contributed by atoms with E-state index >= 15 is 0 Å². The topological polar surface area (TPSA) is 92.7 Å². The number of hydrogen-bond donors (Lipinski definition) is 2. The van der Waals surface area contributed by atoms with Crippen LogP contribution in [0.4, 0.5) is 10.5 Å². The van der Waals surface area contributed by atoms with Gasteiger partial charge in [0.25, 0.3) is 10.1 Å². The van der Waals surface area contributed by atoms with Crippen molar-refractivity contribution in [3.05, 3.63) is 29.3 Å². The maximum atomic E-state index is 11.6. The molecule has 0 unspecified atom stereocenters. The minimum absolute atomic E-state index is 0.453. The Bertz CT molecular complexity index is 602. The van der Waals surface area contributed by atoms with E-state index in [9.17, 15) is 13.2 Å². The molecular weight excluding hydrogens is 282 g/mol. The first kappa shape index (κ1) is 16.5. The molecular formula is C13H19NO5S. The molecule has 6 nitrogen and oxygen atoms in total. The van der Waals surface area contributed by atoms with Crippen molar-refractivity contribution in [2.45, 2.75) is 39.0 Å². The first-order valence-electron chi connectivity index (χ1n) is 6.01. The molecule has 1 amide bonds. The van der Waals surface area contributed by atoms with Crippen LogP contribution in [0.5, 0.6) is 0 Å². The molecule has 0 saturated carbocycles. The lowest BCUT2D eigenvalue weighted by molar-refractivity contribution is 0.0636. The van der Waals surface area contributed by atoms with E-state index in [0.29, 0.717) is 16.8 Å². The molecule has 0 aromatic heterocycles. The zero-order valence-electron chi connectivity index (χ0n) is 11.9. The van der Waals surface area contributed by atoms with E-state index in [1.807, 2.05) is 0 Å². The van der Waals surface area contributed by atoms with Crippen LogP contribution in [0.15, 0.2) is 18.2 Å². The lowest BCUT2D eigenvalue weighted by Gasteiger charge is -2.20. The van der Waals surface area contributed by atoms with Gasteiger partial charge in [0.1, 0.15) is 11.4 Å². The van der Waals surface area contributed by atoms with Crippen molar-refractivity contribution in [3.63, 3.8) is 0 Å². The van der Waals surface area contributed by atoms with E-state index < -0.39 is 27.6 Å². The molecule has 2 N–H and O–H groups in total. The quantitative estimate of drug-likeness (QED) is 0.837. The summed E-state index contributed by atoms with van der Waals surface area (Å²) in [7, 11) is -4.07. The summed E-state index contributed by atoms with van der Waals surface area (Å²) < 4.78 is 35.6. The number of benzene rings is 1. The van der Waals surface area contributed by atoms with Gasteiger partial charge in [-0.2, -0.15) is 8.42 Å².